The summed E-state index contributed by atoms with van der Waals surface area (Å²) in [5.41, 5.74) is 2.09. The monoisotopic (exact) mass is 326 g/mol. The van der Waals surface area contributed by atoms with Crippen molar-refractivity contribution in [3.05, 3.63) is 76.8 Å². The van der Waals surface area contributed by atoms with Crippen molar-refractivity contribution in [2.75, 3.05) is 5.32 Å². The molecule has 1 aliphatic carbocycles. The van der Waals surface area contributed by atoms with Crippen molar-refractivity contribution in [3.63, 3.8) is 0 Å². The number of anilines is 1. The van der Waals surface area contributed by atoms with E-state index >= 15 is 0 Å². The quantitative estimate of drug-likeness (QED) is 0.668. The van der Waals surface area contributed by atoms with E-state index in [9.17, 15) is 9.59 Å². The van der Waals surface area contributed by atoms with E-state index in [1.165, 1.54) is 12.2 Å². The van der Waals surface area contributed by atoms with Gasteiger partial charge in [0.2, 0.25) is 0 Å². The van der Waals surface area contributed by atoms with Crippen LogP contribution in [0.5, 0.6) is 0 Å². The average molecular weight is 327 g/mol. The lowest BCUT2D eigenvalue weighted by Crippen LogP contribution is -2.15. The van der Waals surface area contributed by atoms with Crippen LogP contribution in [0.1, 0.15) is 15.9 Å². The highest BCUT2D eigenvalue weighted by Gasteiger charge is 2.17. The molecule has 0 spiro atoms. The fourth-order valence-corrected chi connectivity index (χ4v) is 2.23. The SMILES string of the molecule is O=C(Nc1ccc(Cl)cc1)O/N=C1/C=CC(=O)c2ccccc21. The maximum absolute atomic E-state index is 11.8. The van der Waals surface area contributed by atoms with Crippen molar-refractivity contribution < 1.29 is 14.4 Å². The van der Waals surface area contributed by atoms with Crippen molar-refractivity contribution in [2.45, 2.75) is 0 Å². The standard InChI is InChI=1S/C17H11ClN2O3/c18-11-5-7-12(8-6-11)19-17(22)23-20-15-9-10-16(21)14-4-2-1-3-13(14)15/h1-10H,(H,19,22)/b20-15-. The molecule has 0 aromatic heterocycles. The molecule has 0 heterocycles. The number of carbonyl (C=O) groups excluding carboxylic acids is 2. The number of amides is 1. The van der Waals surface area contributed by atoms with Crippen LogP contribution in [0.25, 0.3) is 0 Å². The molecule has 5 nitrogen and oxygen atoms in total. The first kappa shape index (κ1) is 15.0. The van der Waals surface area contributed by atoms with Crippen LogP contribution in [0.3, 0.4) is 0 Å². The Morgan fingerprint density at radius 3 is 2.43 bits per heavy atom. The third kappa shape index (κ3) is 3.46. The second-order valence-corrected chi connectivity index (χ2v) is 5.17. The lowest BCUT2D eigenvalue weighted by molar-refractivity contribution is 0.104. The molecule has 0 fully saturated rings. The molecule has 1 N–H and O–H groups in total. The van der Waals surface area contributed by atoms with Gasteiger partial charge in [-0.2, -0.15) is 0 Å². The number of allylic oxidation sites excluding steroid dienone is 2. The van der Waals surface area contributed by atoms with Crippen LogP contribution >= 0.6 is 11.6 Å². The van der Waals surface area contributed by atoms with Gasteiger partial charge in [-0.3, -0.25) is 14.9 Å². The van der Waals surface area contributed by atoms with Gasteiger partial charge < -0.3 is 0 Å². The van der Waals surface area contributed by atoms with Crippen molar-refractivity contribution in [1.29, 1.82) is 0 Å². The van der Waals surface area contributed by atoms with Gasteiger partial charge in [-0.05, 0) is 36.4 Å². The zero-order valence-corrected chi connectivity index (χ0v) is 12.6. The van der Waals surface area contributed by atoms with Crippen LogP contribution in [0, 0.1) is 0 Å². The predicted molar refractivity (Wildman–Crippen MR) is 88.0 cm³/mol. The zero-order chi connectivity index (χ0) is 16.2. The molecule has 3 rings (SSSR count). The van der Waals surface area contributed by atoms with E-state index < -0.39 is 6.09 Å². The van der Waals surface area contributed by atoms with Gasteiger partial charge in [-0.1, -0.05) is 41.0 Å². The molecule has 1 amide bonds. The molecule has 0 atom stereocenters. The number of benzene rings is 2. The number of rotatable bonds is 2. The molecular weight excluding hydrogens is 316 g/mol. The molecule has 2 aromatic carbocycles. The van der Waals surface area contributed by atoms with E-state index in [0.717, 1.165) is 0 Å². The van der Waals surface area contributed by atoms with E-state index in [2.05, 4.69) is 10.5 Å². The lowest BCUT2D eigenvalue weighted by Gasteiger charge is -2.11. The van der Waals surface area contributed by atoms with Crippen LogP contribution in [-0.4, -0.2) is 17.6 Å². The maximum Gasteiger partial charge on any atom is 0.437 e. The van der Waals surface area contributed by atoms with E-state index in [-0.39, 0.29) is 5.78 Å². The van der Waals surface area contributed by atoms with Crippen molar-refractivity contribution in [1.82, 2.24) is 0 Å². The first-order valence-electron chi connectivity index (χ1n) is 6.77. The molecule has 0 bridgehead atoms. The summed E-state index contributed by atoms with van der Waals surface area (Å²) >= 11 is 5.77. The summed E-state index contributed by atoms with van der Waals surface area (Å²) in [6.07, 6.45) is 2.17. The molecule has 0 aliphatic heterocycles. The van der Waals surface area contributed by atoms with E-state index in [4.69, 9.17) is 16.4 Å². The Hall–Kier alpha value is -2.92. The second kappa shape index (κ2) is 6.46. The Kier molecular flexibility index (Phi) is 4.21. The maximum atomic E-state index is 11.8. The molecule has 1 aliphatic rings. The summed E-state index contributed by atoms with van der Waals surface area (Å²) in [5.74, 6) is -0.106. The number of carbonyl (C=O) groups is 2. The first-order valence-corrected chi connectivity index (χ1v) is 7.14. The molecule has 0 saturated carbocycles. The largest absolute Gasteiger partial charge is 0.437 e. The number of fused-ring (bicyclic) bond motifs is 1. The van der Waals surface area contributed by atoms with Crippen LogP contribution in [-0.2, 0) is 4.84 Å². The number of nitrogens with zero attached hydrogens (tertiary/aromatic N) is 1. The number of halogens is 1. The predicted octanol–water partition coefficient (Wildman–Crippen LogP) is 4.05. The molecule has 23 heavy (non-hydrogen) atoms. The smallest absolute Gasteiger partial charge is 0.297 e. The van der Waals surface area contributed by atoms with E-state index in [1.54, 1.807) is 48.5 Å². The Balaban J connectivity index is 1.72. The van der Waals surface area contributed by atoms with Gasteiger partial charge in [-0.15, -0.1) is 0 Å². The van der Waals surface area contributed by atoms with Crippen LogP contribution in [0.15, 0.2) is 65.8 Å². The van der Waals surface area contributed by atoms with Crippen LogP contribution in [0.4, 0.5) is 10.5 Å². The van der Waals surface area contributed by atoms with Crippen molar-refractivity contribution in [3.8, 4) is 0 Å². The molecule has 0 radical (unpaired) electrons. The summed E-state index contributed by atoms with van der Waals surface area (Å²) in [6, 6.07) is 13.6. The minimum absolute atomic E-state index is 0.106. The molecule has 114 valence electrons. The summed E-state index contributed by atoms with van der Waals surface area (Å²) in [7, 11) is 0. The average Bonchev–Trinajstić information content (AvgIpc) is 2.57. The van der Waals surface area contributed by atoms with Crippen molar-refractivity contribution in [2.24, 2.45) is 5.16 Å². The van der Waals surface area contributed by atoms with Gasteiger partial charge in [0.15, 0.2) is 5.78 Å². The van der Waals surface area contributed by atoms with Gasteiger partial charge in [0.1, 0.15) is 5.71 Å². The van der Waals surface area contributed by atoms with Gasteiger partial charge in [0.05, 0.1) is 0 Å². The van der Waals surface area contributed by atoms with Gasteiger partial charge >= 0.3 is 6.09 Å². The third-order valence-electron chi connectivity index (χ3n) is 3.18. The summed E-state index contributed by atoms with van der Waals surface area (Å²) in [6.45, 7) is 0. The van der Waals surface area contributed by atoms with Gasteiger partial charge in [0.25, 0.3) is 0 Å². The van der Waals surface area contributed by atoms with E-state index in [0.29, 0.717) is 27.5 Å². The number of ketones is 1. The molecular formula is C17H11ClN2O3. The number of oxime groups is 1. The number of hydrogen-bond donors (Lipinski definition) is 1. The normalized spacial score (nSPS) is 14.5. The zero-order valence-electron chi connectivity index (χ0n) is 11.8. The Morgan fingerprint density at radius 1 is 1.00 bits per heavy atom. The summed E-state index contributed by atoms with van der Waals surface area (Å²) in [5, 5.41) is 6.90. The summed E-state index contributed by atoms with van der Waals surface area (Å²) in [4.78, 5) is 28.4. The fourth-order valence-electron chi connectivity index (χ4n) is 2.10. The fraction of sp³-hybridized carbons (Fsp3) is 0. The molecule has 6 heteroatoms. The second-order valence-electron chi connectivity index (χ2n) is 4.73. The molecule has 0 saturated heterocycles. The van der Waals surface area contributed by atoms with Gasteiger partial charge in [0, 0.05) is 21.8 Å². The highest BCUT2D eigenvalue weighted by Crippen LogP contribution is 2.17. The van der Waals surface area contributed by atoms with Crippen LogP contribution in [0.2, 0.25) is 5.02 Å². The molecule has 2 aromatic rings. The minimum atomic E-state index is -0.734. The Bertz CT molecular complexity index is 826. The Labute approximate surface area is 137 Å². The topological polar surface area (TPSA) is 67.8 Å². The third-order valence-corrected chi connectivity index (χ3v) is 3.43. The number of nitrogens with one attached hydrogen (secondary N) is 1. The van der Waals surface area contributed by atoms with Gasteiger partial charge in [-0.25, -0.2) is 4.79 Å². The summed E-state index contributed by atoms with van der Waals surface area (Å²) < 4.78 is 0. The van der Waals surface area contributed by atoms with E-state index in [1.807, 2.05) is 0 Å². The van der Waals surface area contributed by atoms with Crippen LogP contribution < -0.4 is 5.32 Å². The highest BCUT2D eigenvalue weighted by molar-refractivity contribution is 6.30. The lowest BCUT2D eigenvalue weighted by atomic mass is 9.95. The van der Waals surface area contributed by atoms with Crippen molar-refractivity contribution >= 4 is 34.9 Å². The first-order chi connectivity index (χ1) is 11.1. The minimum Gasteiger partial charge on any atom is -0.297 e. The molecule has 0 unspecified atom stereocenters. The number of hydrogen-bond acceptors (Lipinski definition) is 4. The Morgan fingerprint density at radius 2 is 1.70 bits per heavy atom. The highest BCUT2D eigenvalue weighted by atomic mass is 35.5.